The molecule has 0 saturated carbocycles. The first-order chi connectivity index (χ1) is 10.0. The van der Waals surface area contributed by atoms with Gasteiger partial charge >= 0.3 is 5.97 Å². The van der Waals surface area contributed by atoms with Crippen molar-refractivity contribution in [3.63, 3.8) is 0 Å². The molecule has 0 aliphatic carbocycles. The van der Waals surface area contributed by atoms with Crippen LogP contribution >= 0.6 is 15.9 Å². The van der Waals surface area contributed by atoms with E-state index < -0.39 is 17.1 Å². The number of rotatable bonds is 2. The zero-order valence-corrected chi connectivity index (χ0v) is 12.2. The fourth-order valence-corrected chi connectivity index (χ4v) is 2.42. The number of carboxylic acid groups (broad SMARTS) is 1. The molecule has 0 spiro atoms. The molecule has 104 valence electrons. The molecule has 5 nitrogen and oxygen atoms in total. The predicted octanol–water partition coefficient (Wildman–Crippen LogP) is 2.85. The summed E-state index contributed by atoms with van der Waals surface area (Å²) >= 11 is 3.41. The zero-order chi connectivity index (χ0) is 15.0. The minimum atomic E-state index is -1.33. The molecule has 0 aliphatic rings. The third-order valence-corrected chi connectivity index (χ3v) is 3.55. The van der Waals surface area contributed by atoms with Crippen LogP contribution in [0.2, 0.25) is 0 Å². The van der Waals surface area contributed by atoms with Gasteiger partial charge in [-0.1, -0.05) is 28.1 Å². The van der Waals surface area contributed by atoms with Crippen molar-refractivity contribution < 1.29 is 9.90 Å². The van der Waals surface area contributed by atoms with Gasteiger partial charge in [-0.05, 0) is 35.0 Å². The average Bonchev–Trinajstić information content (AvgIpc) is 2.47. The molecule has 21 heavy (non-hydrogen) atoms. The number of aromatic carboxylic acids is 1. The van der Waals surface area contributed by atoms with Crippen LogP contribution in [0.25, 0.3) is 16.5 Å². The highest BCUT2D eigenvalue weighted by atomic mass is 79.9. The number of benzene rings is 2. The maximum Gasteiger partial charge on any atom is 0.360 e. The van der Waals surface area contributed by atoms with Gasteiger partial charge in [0.05, 0.1) is 5.69 Å². The Labute approximate surface area is 127 Å². The molecule has 0 radical (unpaired) electrons. The largest absolute Gasteiger partial charge is 0.476 e. The standard InChI is InChI=1S/C15H9BrN2O3/c16-11-3-1-10-8-12(4-2-9(10)7-11)18-6-5-13(19)14(17-18)15(20)21/h1-8H,(H,20,21). The molecule has 0 aliphatic heterocycles. The second-order valence-corrected chi connectivity index (χ2v) is 5.37. The summed E-state index contributed by atoms with van der Waals surface area (Å²) in [6.45, 7) is 0. The van der Waals surface area contributed by atoms with Gasteiger partial charge in [-0.2, -0.15) is 5.10 Å². The van der Waals surface area contributed by atoms with Crippen LogP contribution in [0.1, 0.15) is 10.5 Å². The van der Waals surface area contributed by atoms with Crippen molar-refractivity contribution in [1.82, 2.24) is 9.78 Å². The number of nitrogens with zero attached hydrogens (tertiary/aromatic N) is 2. The second-order valence-electron chi connectivity index (χ2n) is 4.45. The number of carbonyl (C=O) groups is 1. The number of hydrogen-bond acceptors (Lipinski definition) is 3. The summed E-state index contributed by atoms with van der Waals surface area (Å²) in [5.41, 5.74) is -0.413. The van der Waals surface area contributed by atoms with Crippen molar-refractivity contribution in [2.45, 2.75) is 0 Å². The molecule has 0 bridgehead atoms. The van der Waals surface area contributed by atoms with Crippen LogP contribution in [0.4, 0.5) is 0 Å². The van der Waals surface area contributed by atoms with Crippen molar-refractivity contribution in [3.05, 3.63) is 69.1 Å². The summed E-state index contributed by atoms with van der Waals surface area (Å²) < 4.78 is 2.36. The van der Waals surface area contributed by atoms with Crippen molar-refractivity contribution >= 4 is 32.7 Å². The molecule has 0 amide bonds. The Bertz CT molecular complexity index is 918. The number of hydrogen-bond donors (Lipinski definition) is 1. The summed E-state index contributed by atoms with van der Waals surface area (Å²) in [5.74, 6) is -1.33. The van der Waals surface area contributed by atoms with Crippen molar-refractivity contribution in [1.29, 1.82) is 0 Å². The molecular weight excluding hydrogens is 336 g/mol. The monoisotopic (exact) mass is 344 g/mol. The smallest absolute Gasteiger partial charge is 0.360 e. The highest BCUT2D eigenvalue weighted by molar-refractivity contribution is 9.10. The van der Waals surface area contributed by atoms with Gasteiger partial charge in [-0.25, -0.2) is 9.48 Å². The lowest BCUT2D eigenvalue weighted by molar-refractivity contribution is 0.0687. The molecular formula is C15H9BrN2O3. The highest BCUT2D eigenvalue weighted by Gasteiger charge is 2.11. The van der Waals surface area contributed by atoms with E-state index in [4.69, 9.17) is 5.11 Å². The Morgan fingerprint density at radius 2 is 1.81 bits per heavy atom. The fraction of sp³-hybridized carbons (Fsp3) is 0. The SMILES string of the molecule is O=C(O)c1nn(-c2ccc3cc(Br)ccc3c2)ccc1=O. The van der Waals surface area contributed by atoms with E-state index >= 15 is 0 Å². The first-order valence-electron chi connectivity index (χ1n) is 6.07. The Balaban J connectivity index is 2.16. The summed E-state index contributed by atoms with van der Waals surface area (Å²) in [6.07, 6.45) is 1.45. The van der Waals surface area contributed by atoms with Gasteiger partial charge in [0, 0.05) is 16.7 Å². The van der Waals surface area contributed by atoms with Crippen LogP contribution in [0, 0.1) is 0 Å². The minimum absolute atomic E-state index is 0.492. The van der Waals surface area contributed by atoms with Gasteiger partial charge in [-0.3, -0.25) is 4.79 Å². The lowest BCUT2D eigenvalue weighted by Gasteiger charge is -2.07. The number of aromatic nitrogens is 2. The summed E-state index contributed by atoms with van der Waals surface area (Å²) in [5, 5.41) is 14.9. The first-order valence-corrected chi connectivity index (χ1v) is 6.87. The summed E-state index contributed by atoms with van der Waals surface area (Å²) in [6, 6.07) is 12.7. The topological polar surface area (TPSA) is 72.2 Å². The number of halogens is 1. The van der Waals surface area contributed by atoms with Gasteiger partial charge in [0.1, 0.15) is 0 Å². The van der Waals surface area contributed by atoms with Crippen LogP contribution in [0.3, 0.4) is 0 Å². The molecule has 1 heterocycles. The molecule has 3 rings (SSSR count). The number of fused-ring (bicyclic) bond motifs is 1. The van der Waals surface area contributed by atoms with Crippen LogP contribution < -0.4 is 5.43 Å². The van der Waals surface area contributed by atoms with Gasteiger partial charge in [-0.15, -0.1) is 0 Å². The van der Waals surface area contributed by atoms with Gasteiger partial charge < -0.3 is 5.11 Å². The lowest BCUT2D eigenvalue weighted by atomic mass is 10.1. The maximum atomic E-state index is 11.4. The fourth-order valence-electron chi connectivity index (χ4n) is 2.05. The molecule has 1 N–H and O–H groups in total. The minimum Gasteiger partial charge on any atom is -0.476 e. The Morgan fingerprint density at radius 3 is 2.57 bits per heavy atom. The lowest BCUT2D eigenvalue weighted by Crippen LogP contribution is -2.20. The summed E-state index contributed by atoms with van der Waals surface area (Å²) in [4.78, 5) is 22.4. The molecule has 0 atom stereocenters. The van der Waals surface area contributed by atoms with Crippen LogP contribution in [-0.2, 0) is 0 Å². The van der Waals surface area contributed by atoms with E-state index in [0.717, 1.165) is 15.2 Å². The first kappa shape index (κ1) is 13.5. The van der Waals surface area contributed by atoms with Crippen LogP contribution in [-0.4, -0.2) is 20.9 Å². The summed E-state index contributed by atoms with van der Waals surface area (Å²) in [7, 11) is 0. The van der Waals surface area contributed by atoms with E-state index in [0.29, 0.717) is 5.69 Å². The molecule has 6 heteroatoms. The van der Waals surface area contributed by atoms with E-state index in [2.05, 4.69) is 21.0 Å². The molecule has 0 fully saturated rings. The normalized spacial score (nSPS) is 10.7. The van der Waals surface area contributed by atoms with Crippen molar-refractivity contribution in [2.75, 3.05) is 0 Å². The van der Waals surface area contributed by atoms with Crippen molar-refractivity contribution in [3.8, 4) is 5.69 Å². The van der Waals surface area contributed by atoms with Crippen LogP contribution in [0.15, 0.2) is 57.9 Å². The number of carboxylic acids is 1. The van der Waals surface area contributed by atoms with Crippen molar-refractivity contribution in [2.24, 2.45) is 0 Å². The van der Waals surface area contributed by atoms with E-state index in [-0.39, 0.29) is 0 Å². The Hall–Kier alpha value is -2.47. The van der Waals surface area contributed by atoms with Gasteiger partial charge in [0.25, 0.3) is 0 Å². The van der Waals surface area contributed by atoms with Gasteiger partial charge in [0.2, 0.25) is 11.1 Å². The quantitative estimate of drug-likeness (QED) is 0.775. The molecule has 1 aromatic heterocycles. The molecule has 0 unspecified atom stereocenters. The molecule has 2 aromatic carbocycles. The Morgan fingerprint density at radius 1 is 1.10 bits per heavy atom. The zero-order valence-electron chi connectivity index (χ0n) is 10.7. The second kappa shape index (κ2) is 5.14. The van der Waals surface area contributed by atoms with Crippen LogP contribution in [0.5, 0.6) is 0 Å². The highest BCUT2D eigenvalue weighted by Crippen LogP contribution is 2.22. The maximum absolute atomic E-state index is 11.4. The Kier molecular flexibility index (Phi) is 3.31. The van der Waals surface area contributed by atoms with E-state index in [9.17, 15) is 9.59 Å². The average molecular weight is 345 g/mol. The van der Waals surface area contributed by atoms with Gasteiger partial charge in [0.15, 0.2) is 0 Å². The molecule has 3 aromatic rings. The van der Waals surface area contributed by atoms with E-state index in [1.54, 1.807) is 0 Å². The van der Waals surface area contributed by atoms with E-state index in [1.165, 1.54) is 16.9 Å². The third kappa shape index (κ3) is 2.57. The predicted molar refractivity (Wildman–Crippen MR) is 82.0 cm³/mol. The molecule has 0 saturated heterocycles. The third-order valence-electron chi connectivity index (χ3n) is 3.06. The van der Waals surface area contributed by atoms with E-state index in [1.807, 2.05) is 36.4 Å².